The van der Waals surface area contributed by atoms with Crippen molar-refractivity contribution in [2.45, 2.75) is 50.0 Å². The predicted molar refractivity (Wildman–Crippen MR) is 125 cm³/mol. The molecule has 4 rings (SSSR count). The number of aryl methyl sites for hydroxylation is 1. The van der Waals surface area contributed by atoms with Crippen LogP contribution in [-0.2, 0) is 21.2 Å². The average molecular weight is 473 g/mol. The molecule has 1 fully saturated rings. The zero-order chi connectivity index (χ0) is 23.6. The lowest BCUT2D eigenvalue weighted by atomic mass is 9.88. The fraction of sp³-hybridized carbons (Fsp3) is 0.500. The first-order valence-corrected chi connectivity index (χ1v) is 13.0. The van der Waals surface area contributed by atoms with Crippen molar-refractivity contribution in [2.24, 2.45) is 5.92 Å². The molecule has 2 N–H and O–H groups in total. The fourth-order valence-corrected chi connectivity index (χ4v) is 5.76. The van der Waals surface area contributed by atoms with Gasteiger partial charge in [0, 0.05) is 26.3 Å². The molecule has 9 heteroatoms. The Morgan fingerprint density at radius 1 is 1.18 bits per heavy atom. The van der Waals surface area contributed by atoms with Gasteiger partial charge in [0.15, 0.2) is 0 Å². The van der Waals surface area contributed by atoms with Gasteiger partial charge in [0.2, 0.25) is 15.9 Å². The highest BCUT2D eigenvalue weighted by molar-refractivity contribution is 7.89. The van der Waals surface area contributed by atoms with Crippen molar-refractivity contribution in [3.05, 3.63) is 53.3 Å². The maximum atomic E-state index is 13.0. The Labute approximate surface area is 195 Å². The molecule has 1 aliphatic carbocycles. The van der Waals surface area contributed by atoms with E-state index in [2.05, 4.69) is 23.3 Å². The van der Waals surface area contributed by atoms with Gasteiger partial charge in [-0.2, -0.15) is 4.31 Å². The number of benzene rings is 1. The van der Waals surface area contributed by atoms with Crippen LogP contribution in [0.1, 0.15) is 60.3 Å². The molecule has 1 aliphatic heterocycles. The number of sulfonamides is 1. The number of fused-ring (bicyclic) bond motifs is 1. The second-order valence-corrected chi connectivity index (χ2v) is 11.2. The molecule has 0 bridgehead atoms. The van der Waals surface area contributed by atoms with Gasteiger partial charge < -0.3 is 15.2 Å². The Morgan fingerprint density at radius 2 is 1.91 bits per heavy atom. The largest absolute Gasteiger partial charge is 0.356 e. The molecule has 0 radical (unpaired) electrons. The number of aromatic nitrogens is 1. The van der Waals surface area contributed by atoms with E-state index in [4.69, 9.17) is 0 Å². The van der Waals surface area contributed by atoms with Crippen LogP contribution in [0.25, 0.3) is 0 Å². The van der Waals surface area contributed by atoms with Gasteiger partial charge >= 0.3 is 0 Å². The zero-order valence-electron chi connectivity index (χ0n) is 19.2. The van der Waals surface area contributed by atoms with Crippen LogP contribution in [0.15, 0.2) is 41.4 Å². The minimum absolute atomic E-state index is 0.0189. The Bertz CT molecular complexity index is 1120. The molecule has 0 saturated carbocycles. The minimum atomic E-state index is -3.92. The topological polar surface area (TPSA) is 103 Å². The van der Waals surface area contributed by atoms with Gasteiger partial charge in [-0.15, -0.1) is 0 Å². The van der Waals surface area contributed by atoms with Crippen molar-refractivity contribution >= 4 is 21.8 Å². The molecule has 2 amide bonds. The van der Waals surface area contributed by atoms with E-state index in [-0.39, 0.29) is 35.0 Å². The molecule has 0 unspecified atom stereocenters. The van der Waals surface area contributed by atoms with E-state index in [1.54, 1.807) is 4.90 Å². The third-order valence-electron chi connectivity index (χ3n) is 6.74. The summed E-state index contributed by atoms with van der Waals surface area (Å²) in [7, 11) is -2.54. The minimum Gasteiger partial charge on any atom is -0.356 e. The molecule has 2 aromatic rings. The monoisotopic (exact) mass is 472 g/mol. The number of likely N-dealkylation sites (N-methyl/N-ethyl adjacent to an activating group) is 1. The Hall–Kier alpha value is -2.65. The van der Waals surface area contributed by atoms with Gasteiger partial charge in [-0.25, -0.2) is 8.42 Å². The van der Waals surface area contributed by atoms with Crippen molar-refractivity contribution in [3.63, 3.8) is 0 Å². The molecule has 2 aliphatic rings. The normalized spacial score (nSPS) is 19.4. The van der Waals surface area contributed by atoms with Gasteiger partial charge in [-0.1, -0.05) is 31.2 Å². The first kappa shape index (κ1) is 23.5. The van der Waals surface area contributed by atoms with Crippen LogP contribution >= 0.6 is 0 Å². The number of carbonyl (C=O) groups is 2. The molecule has 178 valence electrons. The Balaban J connectivity index is 1.39. The third-order valence-corrected chi connectivity index (χ3v) is 8.52. The quantitative estimate of drug-likeness (QED) is 0.675. The van der Waals surface area contributed by atoms with Crippen LogP contribution in [0.2, 0.25) is 0 Å². The van der Waals surface area contributed by atoms with E-state index < -0.39 is 10.0 Å². The van der Waals surface area contributed by atoms with Gasteiger partial charge in [0.05, 0.1) is 12.6 Å². The molecule has 1 aromatic heterocycles. The summed E-state index contributed by atoms with van der Waals surface area (Å²) < 4.78 is 27.1. The van der Waals surface area contributed by atoms with Crippen LogP contribution in [0, 0.1) is 5.92 Å². The van der Waals surface area contributed by atoms with E-state index in [9.17, 15) is 18.0 Å². The number of rotatable bonds is 6. The van der Waals surface area contributed by atoms with Crippen molar-refractivity contribution in [2.75, 3.05) is 26.7 Å². The smallest absolute Gasteiger partial charge is 0.270 e. The highest BCUT2D eigenvalue weighted by Gasteiger charge is 2.29. The molecule has 1 atom stereocenters. The first-order valence-electron chi connectivity index (χ1n) is 11.6. The van der Waals surface area contributed by atoms with Gasteiger partial charge in [-0.05, 0) is 55.2 Å². The lowest BCUT2D eigenvalue weighted by molar-refractivity contribution is -0.122. The number of piperidine rings is 1. The second kappa shape index (κ2) is 9.69. The highest BCUT2D eigenvalue weighted by Crippen LogP contribution is 2.29. The molecular weight excluding hydrogens is 440 g/mol. The second-order valence-electron chi connectivity index (χ2n) is 9.20. The summed E-state index contributed by atoms with van der Waals surface area (Å²) >= 11 is 0. The van der Waals surface area contributed by atoms with Crippen molar-refractivity contribution in [1.29, 1.82) is 0 Å². The molecule has 1 saturated heterocycles. The van der Waals surface area contributed by atoms with Gasteiger partial charge in [0.1, 0.15) is 10.6 Å². The summed E-state index contributed by atoms with van der Waals surface area (Å²) in [5.41, 5.74) is 2.58. The zero-order valence-corrected chi connectivity index (χ0v) is 20.0. The molecule has 2 heterocycles. The predicted octanol–water partition coefficient (Wildman–Crippen LogP) is 2.70. The maximum Gasteiger partial charge on any atom is 0.270 e. The standard InChI is InChI=1S/C24H32N4O4S/c1-17-10-12-28(13-11-17)24(30)22-14-19(15-25-22)33(31,32)27(2)16-23(29)26-21-9-5-7-18-6-3-4-8-20(18)21/h3-4,6,8,14-15,17,21,25H,5,7,9-13,16H2,1-2H3,(H,26,29)/t21-/m1/s1. The number of aromatic amines is 1. The highest BCUT2D eigenvalue weighted by atomic mass is 32.2. The lowest BCUT2D eigenvalue weighted by Gasteiger charge is -2.29. The summed E-state index contributed by atoms with van der Waals surface area (Å²) in [6.45, 7) is 3.22. The fourth-order valence-electron chi connectivity index (χ4n) is 4.64. The number of amides is 2. The third kappa shape index (κ3) is 5.14. The SMILES string of the molecule is CC1CCN(C(=O)c2cc(S(=O)(=O)N(C)CC(=O)N[C@@H]3CCCc4ccccc43)c[nH]2)CC1. The van der Waals surface area contributed by atoms with E-state index in [0.29, 0.717) is 19.0 Å². The van der Waals surface area contributed by atoms with Crippen molar-refractivity contribution in [3.8, 4) is 0 Å². The number of likely N-dealkylation sites (tertiary alicyclic amines) is 1. The molecule has 1 aromatic carbocycles. The molecule has 33 heavy (non-hydrogen) atoms. The van der Waals surface area contributed by atoms with E-state index in [0.717, 1.165) is 42.0 Å². The molecule has 8 nitrogen and oxygen atoms in total. The Kier molecular flexibility index (Phi) is 6.90. The maximum absolute atomic E-state index is 13.0. The Morgan fingerprint density at radius 3 is 2.67 bits per heavy atom. The van der Waals surface area contributed by atoms with Gasteiger partial charge in [-0.3, -0.25) is 9.59 Å². The van der Waals surface area contributed by atoms with Crippen LogP contribution in [0.4, 0.5) is 0 Å². The summed E-state index contributed by atoms with van der Waals surface area (Å²) in [5.74, 6) is 0.0484. The summed E-state index contributed by atoms with van der Waals surface area (Å²) in [5, 5.41) is 2.99. The van der Waals surface area contributed by atoms with Crippen molar-refractivity contribution < 1.29 is 18.0 Å². The van der Waals surface area contributed by atoms with E-state index >= 15 is 0 Å². The van der Waals surface area contributed by atoms with Crippen LogP contribution in [0.5, 0.6) is 0 Å². The first-order chi connectivity index (χ1) is 15.8. The van der Waals surface area contributed by atoms with E-state index in [1.807, 2.05) is 18.2 Å². The number of hydrogen-bond donors (Lipinski definition) is 2. The van der Waals surface area contributed by atoms with E-state index in [1.165, 1.54) is 24.9 Å². The number of hydrogen-bond acceptors (Lipinski definition) is 4. The lowest BCUT2D eigenvalue weighted by Crippen LogP contribution is -2.40. The van der Waals surface area contributed by atoms with Crippen molar-refractivity contribution in [1.82, 2.24) is 19.5 Å². The van der Waals surface area contributed by atoms with Crippen LogP contribution in [-0.4, -0.2) is 61.1 Å². The summed E-state index contributed by atoms with van der Waals surface area (Å²) in [4.78, 5) is 29.9. The number of carbonyl (C=O) groups excluding carboxylic acids is 2. The summed E-state index contributed by atoms with van der Waals surface area (Å²) in [6, 6.07) is 9.28. The van der Waals surface area contributed by atoms with Crippen LogP contribution < -0.4 is 5.32 Å². The molecule has 0 spiro atoms. The van der Waals surface area contributed by atoms with Crippen LogP contribution in [0.3, 0.4) is 0 Å². The number of nitrogens with zero attached hydrogens (tertiary/aromatic N) is 2. The molecular formula is C24H32N4O4S. The summed E-state index contributed by atoms with van der Waals surface area (Å²) in [6.07, 6.45) is 6.01. The average Bonchev–Trinajstić information content (AvgIpc) is 3.30. The van der Waals surface area contributed by atoms with Gasteiger partial charge in [0.25, 0.3) is 5.91 Å². The number of nitrogens with one attached hydrogen (secondary N) is 2. The number of H-pyrrole nitrogens is 1.